The second-order valence-corrected chi connectivity index (χ2v) is 7.22. The van der Waals surface area contributed by atoms with Crippen molar-refractivity contribution < 1.29 is 4.79 Å². The highest BCUT2D eigenvalue weighted by atomic mass is 35.5. The van der Waals surface area contributed by atoms with Crippen molar-refractivity contribution in [2.75, 3.05) is 5.43 Å². The second-order valence-electron chi connectivity index (χ2n) is 6.35. The summed E-state index contributed by atoms with van der Waals surface area (Å²) < 4.78 is 0. The van der Waals surface area contributed by atoms with Crippen molar-refractivity contribution in [2.45, 2.75) is 0 Å². The van der Waals surface area contributed by atoms with Crippen LogP contribution in [0.1, 0.15) is 16.1 Å². The van der Waals surface area contributed by atoms with Gasteiger partial charge in [0.15, 0.2) is 11.4 Å². The van der Waals surface area contributed by atoms with Crippen molar-refractivity contribution in [3.8, 4) is 0 Å². The summed E-state index contributed by atoms with van der Waals surface area (Å²) in [6.07, 6.45) is 0. The van der Waals surface area contributed by atoms with E-state index in [2.05, 4.69) is 20.5 Å². The Hall–Kier alpha value is -3.48. The maximum Gasteiger partial charge on any atom is 0.276 e. The molecule has 148 valence electrons. The molecule has 4 rings (SSSR count). The van der Waals surface area contributed by atoms with Crippen LogP contribution < -0.4 is 11.0 Å². The monoisotopic (exact) mass is 436 g/mol. The number of Topliss-reactive ketones (excluding diaryl/α,β-unsaturated/α-hetero) is 1. The van der Waals surface area contributed by atoms with Crippen molar-refractivity contribution in [1.29, 1.82) is 0 Å². The third-order valence-electron chi connectivity index (χ3n) is 4.29. The minimum absolute atomic E-state index is 0.0879. The molecule has 6 nitrogen and oxygen atoms in total. The van der Waals surface area contributed by atoms with Crippen LogP contribution in [0, 0.1) is 0 Å². The van der Waals surface area contributed by atoms with Crippen LogP contribution in [0.25, 0.3) is 11.0 Å². The maximum absolute atomic E-state index is 13.2. The Labute approximate surface area is 181 Å². The highest BCUT2D eigenvalue weighted by Gasteiger charge is 2.22. The zero-order chi connectivity index (χ0) is 21.1. The van der Waals surface area contributed by atoms with E-state index in [1.807, 2.05) is 0 Å². The summed E-state index contributed by atoms with van der Waals surface area (Å²) in [6, 6.07) is 20.1. The van der Waals surface area contributed by atoms with E-state index in [4.69, 9.17) is 23.2 Å². The Bertz CT molecular complexity index is 1310. The molecule has 0 aliphatic heterocycles. The molecule has 8 heteroatoms. The molecule has 0 saturated carbocycles. The van der Waals surface area contributed by atoms with Gasteiger partial charge in [0.05, 0.1) is 16.7 Å². The van der Waals surface area contributed by atoms with Crippen molar-refractivity contribution in [3.63, 3.8) is 0 Å². The number of aromatic nitrogens is 2. The van der Waals surface area contributed by atoms with Crippen LogP contribution in [-0.4, -0.2) is 21.5 Å². The van der Waals surface area contributed by atoms with Crippen LogP contribution in [0.4, 0.5) is 5.69 Å². The number of para-hydroxylation sites is 2. The van der Waals surface area contributed by atoms with Gasteiger partial charge in [0.1, 0.15) is 0 Å². The lowest BCUT2D eigenvalue weighted by Gasteiger charge is -2.08. The first-order valence-electron chi connectivity index (χ1n) is 8.90. The van der Waals surface area contributed by atoms with E-state index >= 15 is 0 Å². The lowest BCUT2D eigenvalue weighted by atomic mass is 10.0. The summed E-state index contributed by atoms with van der Waals surface area (Å²) in [7, 11) is 0. The second kappa shape index (κ2) is 8.49. The Morgan fingerprint density at radius 1 is 0.900 bits per heavy atom. The normalized spacial score (nSPS) is 11.5. The molecule has 0 bridgehead atoms. The Kier molecular flexibility index (Phi) is 5.61. The smallest absolute Gasteiger partial charge is 0.276 e. The lowest BCUT2D eigenvalue weighted by Crippen LogP contribution is -2.27. The van der Waals surface area contributed by atoms with E-state index in [0.29, 0.717) is 32.3 Å². The number of anilines is 1. The third kappa shape index (κ3) is 4.25. The molecule has 0 unspecified atom stereocenters. The van der Waals surface area contributed by atoms with Gasteiger partial charge in [-0.05, 0) is 60.7 Å². The van der Waals surface area contributed by atoms with Crippen LogP contribution in [0.3, 0.4) is 0 Å². The number of hydrazone groups is 1. The van der Waals surface area contributed by atoms with E-state index in [-0.39, 0.29) is 11.4 Å². The fourth-order valence-corrected chi connectivity index (χ4v) is 3.04. The molecule has 0 amide bonds. The lowest BCUT2D eigenvalue weighted by molar-refractivity contribution is 0.106. The fraction of sp³-hybridized carbons (Fsp3) is 0. The first kappa shape index (κ1) is 19.8. The molecule has 0 aliphatic carbocycles. The quantitative estimate of drug-likeness (QED) is 0.263. The van der Waals surface area contributed by atoms with E-state index in [0.717, 1.165) is 0 Å². The van der Waals surface area contributed by atoms with Crippen molar-refractivity contribution >= 4 is 51.4 Å². The van der Waals surface area contributed by atoms with E-state index in [1.54, 1.807) is 72.8 Å². The standard InChI is InChI=1S/C22H14Cl2N4O2/c23-14-7-5-13(6-8-14)21(29)19(28-27-16-11-9-15(24)10-12-16)20-22(30)26-18-4-2-1-3-17(18)25-20/h1-12,27H,(H,26,30)/b28-19-. The van der Waals surface area contributed by atoms with Crippen LogP contribution in [0.2, 0.25) is 10.0 Å². The molecule has 1 aromatic heterocycles. The summed E-state index contributed by atoms with van der Waals surface area (Å²) in [5.74, 6) is -0.471. The Balaban J connectivity index is 1.82. The SMILES string of the molecule is O=C(/C(=N\Nc1ccc(Cl)cc1)c1nc2ccccc2[nH]c1=O)c1ccc(Cl)cc1. The van der Waals surface area contributed by atoms with Gasteiger partial charge >= 0.3 is 0 Å². The number of ketones is 1. The zero-order valence-electron chi connectivity index (χ0n) is 15.4. The number of carbonyl (C=O) groups excluding carboxylic acids is 1. The van der Waals surface area contributed by atoms with Gasteiger partial charge in [-0.25, -0.2) is 4.98 Å². The van der Waals surface area contributed by atoms with Gasteiger partial charge < -0.3 is 4.98 Å². The Morgan fingerprint density at radius 2 is 1.53 bits per heavy atom. The molecule has 0 aliphatic rings. The zero-order valence-corrected chi connectivity index (χ0v) is 16.9. The van der Waals surface area contributed by atoms with Crippen LogP contribution in [0.15, 0.2) is 82.7 Å². The van der Waals surface area contributed by atoms with Crippen LogP contribution >= 0.6 is 23.2 Å². The molecule has 3 aromatic carbocycles. The molecule has 0 saturated heterocycles. The number of aromatic amines is 1. The first-order valence-corrected chi connectivity index (χ1v) is 9.66. The molecular weight excluding hydrogens is 423 g/mol. The number of hydrogen-bond donors (Lipinski definition) is 2. The fourth-order valence-electron chi connectivity index (χ4n) is 2.78. The summed E-state index contributed by atoms with van der Waals surface area (Å²) >= 11 is 11.8. The van der Waals surface area contributed by atoms with Gasteiger partial charge in [-0.2, -0.15) is 5.10 Å². The molecule has 0 radical (unpaired) electrons. The number of fused-ring (bicyclic) bond motifs is 1. The number of benzene rings is 3. The minimum Gasteiger partial charge on any atom is -0.319 e. The molecule has 1 heterocycles. The van der Waals surface area contributed by atoms with Crippen LogP contribution in [0.5, 0.6) is 0 Å². The van der Waals surface area contributed by atoms with E-state index in [1.165, 1.54) is 0 Å². The molecule has 2 N–H and O–H groups in total. The molecule has 0 fully saturated rings. The van der Waals surface area contributed by atoms with E-state index in [9.17, 15) is 9.59 Å². The van der Waals surface area contributed by atoms with Crippen molar-refractivity contribution in [3.05, 3.63) is 104 Å². The summed E-state index contributed by atoms with van der Waals surface area (Å²) in [5, 5.41) is 5.27. The number of H-pyrrole nitrogens is 1. The van der Waals surface area contributed by atoms with Gasteiger partial charge in [0.2, 0.25) is 5.78 Å². The highest BCUT2D eigenvalue weighted by molar-refractivity contribution is 6.51. The Morgan fingerprint density at radius 3 is 2.23 bits per heavy atom. The van der Waals surface area contributed by atoms with Gasteiger partial charge in [0.25, 0.3) is 5.56 Å². The molecular formula is C22H14Cl2N4O2. The van der Waals surface area contributed by atoms with Crippen molar-refractivity contribution in [1.82, 2.24) is 9.97 Å². The highest BCUT2D eigenvalue weighted by Crippen LogP contribution is 2.16. The summed E-state index contributed by atoms with van der Waals surface area (Å²) in [5.41, 5.74) is 4.09. The van der Waals surface area contributed by atoms with Gasteiger partial charge in [-0.15, -0.1) is 0 Å². The van der Waals surface area contributed by atoms with Crippen LogP contribution in [-0.2, 0) is 0 Å². The van der Waals surface area contributed by atoms with Gasteiger partial charge in [-0.1, -0.05) is 35.3 Å². The first-order chi connectivity index (χ1) is 14.5. The summed E-state index contributed by atoms with van der Waals surface area (Å²) in [6.45, 7) is 0. The number of nitrogens with zero attached hydrogens (tertiary/aromatic N) is 2. The van der Waals surface area contributed by atoms with Gasteiger partial charge in [0, 0.05) is 15.6 Å². The largest absolute Gasteiger partial charge is 0.319 e. The molecule has 30 heavy (non-hydrogen) atoms. The molecule has 0 atom stereocenters. The van der Waals surface area contributed by atoms with Gasteiger partial charge in [-0.3, -0.25) is 15.0 Å². The number of rotatable bonds is 5. The average Bonchev–Trinajstić information content (AvgIpc) is 2.75. The van der Waals surface area contributed by atoms with Crippen molar-refractivity contribution in [2.24, 2.45) is 5.10 Å². The number of hydrogen-bond acceptors (Lipinski definition) is 5. The molecule has 0 spiro atoms. The maximum atomic E-state index is 13.2. The number of carbonyl (C=O) groups is 1. The predicted octanol–water partition coefficient (Wildman–Crippen LogP) is 4.93. The van der Waals surface area contributed by atoms with E-state index < -0.39 is 11.3 Å². The number of halogens is 2. The average molecular weight is 437 g/mol. The molecule has 4 aromatic rings. The number of nitrogens with one attached hydrogen (secondary N) is 2. The topological polar surface area (TPSA) is 87.2 Å². The predicted molar refractivity (Wildman–Crippen MR) is 120 cm³/mol. The minimum atomic E-state index is -0.521. The third-order valence-corrected chi connectivity index (χ3v) is 4.79. The summed E-state index contributed by atoms with van der Waals surface area (Å²) in [4.78, 5) is 33.0.